The first-order valence-electron chi connectivity index (χ1n) is 11.4. The second-order valence-electron chi connectivity index (χ2n) is 10.7. The highest BCUT2D eigenvalue weighted by Gasteiger charge is 2.72. The van der Waals surface area contributed by atoms with Crippen LogP contribution in [-0.2, 0) is 19.1 Å². The Balaban J connectivity index is 1.41. The molecular formula is C23H33BrO5. The topological polar surface area (TPSA) is 72.8 Å². The maximum absolute atomic E-state index is 12.9. The van der Waals surface area contributed by atoms with Crippen molar-refractivity contribution in [1.29, 1.82) is 0 Å². The van der Waals surface area contributed by atoms with E-state index in [0.29, 0.717) is 17.8 Å². The lowest BCUT2D eigenvalue weighted by Crippen LogP contribution is -2.63. The molecule has 4 unspecified atom stereocenters. The van der Waals surface area contributed by atoms with Crippen LogP contribution in [0, 0.1) is 34.5 Å². The average molecular weight is 469 g/mol. The lowest BCUT2D eigenvalue weighted by atomic mass is 9.44. The number of fused-ring (bicyclic) bond motifs is 3. The van der Waals surface area contributed by atoms with Gasteiger partial charge in [-0.05, 0) is 74.5 Å². The van der Waals surface area contributed by atoms with Crippen molar-refractivity contribution in [3.05, 3.63) is 0 Å². The highest BCUT2D eigenvalue weighted by molar-refractivity contribution is 9.10. The molecule has 29 heavy (non-hydrogen) atoms. The number of halogens is 1. The maximum atomic E-state index is 12.9. The van der Waals surface area contributed by atoms with Crippen LogP contribution in [0.2, 0.25) is 0 Å². The van der Waals surface area contributed by atoms with Gasteiger partial charge < -0.3 is 14.6 Å². The minimum absolute atomic E-state index is 0.00713. The number of alkyl halides is 1. The first-order chi connectivity index (χ1) is 13.7. The number of rotatable bonds is 3. The summed E-state index contributed by atoms with van der Waals surface area (Å²) in [4.78, 5) is 24.1. The molecular weight excluding hydrogens is 436 g/mol. The Labute approximate surface area is 181 Å². The van der Waals surface area contributed by atoms with Crippen LogP contribution in [0.1, 0.15) is 65.2 Å². The molecule has 1 saturated heterocycles. The summed E-state index contributed by atoms with van der Waals surface area (Å²) < 4.78 is 11.4. The van der Waals surface area contributed by atoms with Gasteiger partial charge in [0.25, 0.3) is 0 Å². The number of hydrogen-bond donors (Lipinski definition) is 1. The Kier molecular flexibility index (Phi) is 4.77. The van der Waals surface area contributed by atoms with Crippen molar-refractivity contribution in [3.63, 3.8) is 0 Å². The van der Waals surface area contributed by atoms with Crippen LogP contribution in [0.5, 0.6) is 0 Å². The van der Waals surface area contributed by atoms with Crippen molar-refractivity contribution in [2.45, 2.75) is 81.7 Å². The van der Waals surface area contributed by atoms with Crippen molar-refractivity contribution in [3.8, 4) is 0 Å². The number of aliphatic hydroxyl groups excluding tert-OH is 1. The molecule has 5 nitrogen and oxygen atoms in total. The Hall–Kier alpha value is -0.460. The largest absolute Gasteiger partial charge is 0.458 e. The third-order valence-electron chi connectivity index (χ3n) is 9.78. The molecule has 0 aromatic heterocycles. The summed E-state index contributed by atoms with van der Waals surface area (Å²) in [6, 6.07) is 0. The van der Waals surface area contributed by atoms with Crippen LogP contribution in [0.15, 0.2) is 0 Å². The molecule has 6 heteroatoms. The Morgan fingerprint density at radius 2 is 1.97 bits per heavy atom. The van der Waals surface area contributed by atoms with Crippen molar-refractivity contribution in [2.75, 3.05) is 13.2 Å². The number of esters is 1. The zero-order chi connectivity index (χ0) is 20.6. The molecule has 0 aromatic carbocycles. The van der Waals surface area contributed by atoms with E-state index in [4.69, 9.17) is 9.47 Å². The molecule has 5 aliphatic rings. The van der Waals surface area contributed by atoms with E-state index in [-0.39, 0.29) is 51.6 Å². The minimum Gasteiger partial charge on any atom is -0.458 e. The monoisotopic (exact) mass is 468 g/mol. The van der Waals surface area contributed by atoms with Crippen molar-refractivity contribution in [1.82, 2.24) is 0 Å². The summed E-state index contributed by atoms with van der Waals surface area (Å²) in [5.74, 6) is 1.47. The van der Waals surface area contributed by atoms with Crippen LogP contribution in [0.25, 0.3) is 0 Å². The van der Waals surface area contributed by atoms with Crippen LogP contribution in [0.3, 0.4) is 0 Å². The van der Waals surface area contributed by atoms with E-state index < -0.39 is 0 Å². The molecule has 0 aromatic rings. The third kappa shape index (κ3) is 2.70. The van der Waals surface area contributed by atoms with E-state index in [0.717, 1.165) is 58.0 Å². The Bertz CT molecular complexity index is 726. The summed E-state index contributed by atoms with van der Waals surface area (Å²) in [7, 11) is 0. The highest BCUT2D eigenvalue weighted by Crippen LogP contribution is 2.72. The fraction of sp³-hybridized carbons (Fsp3) is 0.913. The maximum Gasteiger partial charge on any atom is 0.303 e. The normalized spacial score (nSPS) is 53.0. The van der Waals surface area contributed by atoms with E-state index in [2.05, 4.69) is 22.9 Å². The predicted molar refractivity (Wildman–Crippen MR) is 110 cm³/mol. The smallest absolute Gasteiger partial charge is 0.303 e. The first-order valence-corrected chi connectivity index (χ1v) is 12.2. The van der Waals surface area contributed by atoms with Gasteiger partial charge in [-0.15, -0.1) is 0 Å². The molecule has 0 radical (unpaired) electrons. The van der Waals surface area contributed by atoms with Gasteiger partial charge in [0.15, 0.2) is 5.78 Å². The molecule has 1 N–H and O–H groups in total. The highest BCUT2D eigenvalue weighted by atomic mass is 79.9. The van der Waals surface area contributed by atoms with Gasteiger partial charge in [-0.3, -0.25) is 9.59 Å². The zero-order valence-corrected chi connectivity index (χ0v) is 19.1. The van der Waals surface area contributed by atoms with Gasteiger partial charge in [-0.1, -0.05) is 22.9 Å². The van der Waals surface area contributed by atoms with Gasteiger partial charge in [0.2, 0.25) is 0 Å². The van der Waals surface area contributed by atoms with Gasteiger partial charge in [0.05, 0.1) is 23.1 Å². The molecule has 2 bridgehead atoms. The molecule has 0 amide bonds. The van der Waals surface area contributed by atoms with Gasteiger partial charge in [0, 0.05) is 18.3 Å². The summed E-state index contributed by atoms with van der Waals surface area (Å²) in [5.41, 5.74) is 0.135. The van der Waals surface area contributed by atoms with Crippen molar-refractivity contribution in [2.24, 2.45) is 34.5 Å². The summed E-state index contributed by atoms with van der Waals surface area (Å²) in [5, 5.41) is 10.4. The van der Waals surface area contributed by atoms with E-state index in [1.165, 1.54) is 6.92 Å². The SMILES string of the molecule is CC(=O)OCC(=O)C1CCC2C3C[C@H]4OC[C@@]5(CC[C@H](O)C[C@]45Br)C3CC[C@]12C. The van der Waals surface area contributed by atoms with Gasteiger partial charge in [0.1, 0.15) is 6.61 Å². The Morgan fingerprint density at radius 3 is 2.72 bits per heavy atom. The second kappa shape index (κ2) is 6.77. The van der Waals surface area contributed by atoms with Crippen molar-refractivity contribution >= 4 is 27.7 Å². The molecule has 1 aliphatic heterocycles. The number of carbonyl (C=O) groups excluding carboxylic acids is 2. The van der Waals surface area contributed by atoms with Crippen molar-refractivity contribution < 1.29 is 24.2 Å². The molecule has 4 saturated carbocycles. The van der Waals surface area contributed by atoms with E-state index >= 15 is 0 Å². The number of aliphatic hydroxyl groups is 1. The number of hydrogen-bond acceptors (Lipinski definition) is 5. The predicted octanol–water partition coefficient (Wildman–Crippen LogP) is 3.64. The molecule has 9 atom stereocenters. The Morgan fingerprint density at radius 1 is 1.17 bits per heavy atom. The molecule has 4 aliphatic carbocycles. The van der Waals surface area contributed by atoms with Gasteiger partial charge in [-0.2, -0.15) is 0 Å². The lowest BCUT2D eigenvalue weighted by Gasteiger charge is -2.62. The molecule has 1 heterocycles. The number of ether oxygens (including phenoxy) is 2. The van der Waals surface area contributed by atoms with Crippen LogP contribution >= 0.6 is 15.9 Å². The van der Waals surface area contributed by atoms with Crippen LogP contribution in [0.4, 0.5) is 0 Å². The fourth-order valence-corrected chi connectivity index (χ4v) is 9.81. The molecule has 5 rings (SSSR count). The number of carbonyl (C=O) groups is 2. The van der Waals surface area contributed by atoms with Crippen LogP contribution in [-0.4, -0.2) is 46.6 Å². The quantitative estimate of drug-likeness (QED) is 0.505. The summed E-state index contributed by atoms with van der Waals surface area (Å²) in [6.45, 7) is 4.42. The zero-order valence-electron chi connectivity index (χ0n) is 17.5. The number of Topliss-reactive ketones (excluding diaryl/α,β-unsaturated/α-hetero) is 1. The molecule has 162 valence electrons. The molecule has 5 fully saturated rings. The standard InChI is InChI=1S/C23H33BrO5/c1-13(25)28-11-19(27)18-4-3-16-15-9-20-23(24)10-14(26)5-8-22(23,12-29-20)17(15)6-7-21(16,18)2/h14-18,20,26H,3-12H2,1-2H3/t14-,15?,16?,17?,18?,20+,21-,22-,23-/m0/s1. The third-order valence-corrected chi connectivity index (χ3v) is 11.4. The second-order valence-corrected chi connectivity index (χ2v) is 12.2. The summed E-state index contributed by atoms with van der Waals surface area (Å²) in [6.07, 6.45) is 7.89. The fourth-order valence-electron chi connectivity index (χ4n) is 8.51. The average Bonchev–Trinajstić information content (AvgIpc) is 3.08. The van der Waals surface area contributed by atoms with Gasteiger partial charge >= 0.3 is 5.97 Å². The molecule has 0 spiro atoms. The van der Waals surface area contributed by atoms with E-state index in [1.54, 1.807) is 0 Å². The van der Waals surface area contributed by atoms with Crippen LogP contribution < -0.4 is 0 Å². The van der Waals surface area contributed by atoms with E-state index in [1.807, 2.05) is 0 Å². The minimum atomic E-state index is -0.380. The van der Waals surface area contributed by atoms with E-state index in [9.17, 15) is 14.7 Å². The summed E-state index contributed by atoms with van der Waals surface area (Å²) >= 11 is 4.13. The lowest BCUT2D eigenvalue weighted by molar-refractivity contribution is -0.150. The first kappa shape index (κ1) is 20.4. The van der Waals surface area contributed by atoms with Gasteiger partial charge in [-0.25, -0.2) is 0 Å². The number of ketones is 1.